The summed E-state index contributed by atoms with van der Waals surface area (Å²) in [5.41, 5.74) is 0.610. The minimum absolute atomic E-state index is 0.610. The molecule has 0 aromatic carbocycles. The molecular weight excluding hydrogens is 208 g/mol. The normalized spacial score (nSPS) is 28.9. The van der Waals surface area contributed by atoms with Crippen LogP contribution >= 0.6 is 0 Å². The average molecular weight is 238 g/mol. The van der Waals surface area contributed by atoms with Gasteiger partial charge in [-0.1, -0.05) is 33.1 Å². The molecule has 1 saturated carbocycles. The molecule has 1 heterocycles. The molecule has 2 heteroatoms. The second-order valence-electron chi connectivity index (χ2n) is 6.29. The van der Waals surface area contributed by atoms with Crippen molar-refractivity contribution in [3.05, 3.63) is 0 Å². The van der Waals surface area contributed by atoms with Gasteiger partial charge in [-0.25, -0.2) is 0 Å². The van der Waals surface area contributed by atoms with E-state index in [1.807, 2.05) is 0 Å². The Kier molecular flexibility index (Phi) is 4.87. The summed E-state index contributed by atoms with van der Waals surface area (Å²) in [6.45, 7) is 11.0. The summed E-state index contributed by atoms with van der Waals surface area (Å²) < 4.78 is 0. The lowest BCUT2D eigenvalue weighted by atomic mass is 9.85. The van der Waals surface area contributed by atoms with E-state index >= 15 is 0 Å². The van der Waals surface area contributed by atoms with Gasteiger partial charge in [0.25, 0.3) is 0 Å². The van der Waals surface area contributed by atoms with Crippen molar-refractivity contribution in [2.24, 2.45) is 11.3 Å². The quantitative estimate of drug-likeness (QED) is 0.765. The Morgan fingerprint density at radius 1 is 1.24 bits per heavy atom. The zero-order valence-corrected chi connectivity index (χ0v) is 11.8. The third-order valence-electron chi connectivity index (χ3n) is 4.92. The summed E-state index contributed by atoms with van der Waals surface area (Å²) in [6.07, 6.45) is 8.62. The second-order valence-corrected chi connectivity index (χ2v) is 6.29. The first-order chi connectivity index (χ1) is 8.28. The first kappa shape index (κ1) is 13.4. The second kappa shape index (κ2) is 6.19. The Labute approximate surface area is 107 Å². The van der Waals surface area contributed by atoms with E-state index in [0.717, 1.165) is 12.5 Å². The van der Waals surface area contributed by atoms with Crippen molar-refractivity contribution in [1.82, 2.24) is 10.2 Å². The minimum Gasteiger partial charge on any atom is -0.316 e. The predicted molar refractivity (Wildman–Crippen MR) is 74.3 cm³/mol. The van der Waals surface area contributed by atoms with Gasteiger partial charge < -0.3 is 10.2 Å². The molecule has 2 rings (SSSR count). The Bertz CT molecular complexity index is 221. The molecule has 1 aliphatic carbocycles. The smallest absolute Gasteiger partial charge is 0.00503 e. The van der Waals surface area contributed by atoms with Crippen molar-refractivity contribution >= 4 is 0 Å². The van der Waals surface area contributed by atoms with Crippen LogP contribution in [0.4, 0.5) is 0 Å². The van der Waals surface area contributed by atoms with E-state index in [1.54, 1.807) is 0 Å². The standard InChI is InChI=1S/C15H30N2/c1-3-14-7-10-17(11-14)13-15(12-16-4-2)8-5-6-9-15/h14,16H,3-13H2,1-2H3. The molecule has 0 amide bonds. The van der Waals surface area contributed by atoms with Crippen LogP contribution in [-0.2, 0) is 0 Å². The highest BCUT2D eigenvalue weighted by Crippen LogP contribution is 2.39. The maximum absolute atomic E-state index is 3.60. The summed E-state index contributed by atoms with van der Waals surface area (Å²) >= 11 is 0. The maximum atomic E-state index is 3.60. The lowest BCUT2D eigenvalue weighted by Crippen LogP contribution is -2.42. The summed E-state index contributed by atoms with van der Waals surface area (Å²) in [6, 6.07) is 0. The van der Waals surface area contributed by atoms with Crippen LogP contribution in [0.2, 0.25) is 0 Å². The van der Waals surface area contributed by atoms with Crippen LogP contribution in [0.25, 0.3) is 0 Å². The molecule has 1 unspecified atom stereocenters. The molecule has 17 heavy (non-hydrogen) atoms. The molecule has 0 aromatic rings. The van der Waals surface area contributed by atoms with E-state index in [-0.39, 0.29) is 0 Å². The van der Waals surface area contributed by atoms with E-state index in [1.165, 1.54) is 64.7 Å². The van der Waals surface area contributed by atoms with Crippen LogP contribution < -0.4 is 5.32 Å². The van der Waals surface area contributed by atoms with Gasteiger partial charge in [0.1, 0.15) is 0 Å². The maximum Gasteiger partial charge on any atom is 0.00503 e. The summed E-state index contributed by atoms with van der Waals surface area (Å²) in [7, 11) is 0. The van der Waals surface area contributed by atoms with Gasteiger partial charge in [0.2, 0.25) is 0 Å². The van der Waals surface area contributed by atoms with Crippen LogP contribution in [0.1, 0.15) is 52.4 Å². The lowest BCUT2D eigenvalue weighted by Gasteiger charge is -2.34. The third-order valence-corrected chi connectivity index (χ3v) is 4.92. The van der Waals surface area contributed by atoms with Gasteiger partial charge in [0.15, 0.2) is 0 Å². The van der Waals surface area contributed by atoms with Crippen LogP contribution in [0, 0.1) is 11.3 Å². The average Bonchev–Trinajstić information content (AvgIpc) is 2.97. The molecule has 1 N–H and O–H groups in total. The number of likely N-dealkylation sites (tertiary alicyclic amines) is 1. The molecule has 0 bridgehead atoms. The zero-order valence-electron chi connectivity index (χ0n) is 11.8. The molecule has 0 spiro atoms. The largest absolute Gasteiger partial charge is 0.316 e. The molecule has 2 nitrogen and oxygen atoms in total. The fraction of sp³-hybridized carbons (Fsp3) is 1.00. The monoisotopic (exact) mass is 238 g/mol. The molecule has 0 aromatic heterocycles. The van der Waals surface area contributed by atoms with Gasteiger partial charge >= 0.3 is 0 Å². The fourth-order valence-corrected chi connectivity index (χ4v) is 3.77. The van der Waals surface area contributed by atoms with Gasteiger partial charge in [0, 0.05) is 19.6 Å². The van der Waals surface area contributed by atoms with E-state index < -0.39 is 0 Å². The third kappa shape index (κ3) is 3.45. The number of nitrogens with zero attached hydrogens (tertiary/aromatic N) is 1. The SMILES string of the molecule is CCNCC1(CN2CCC(CC)C2)CCCC1. The lowest BCUT2D eigenvalue weighted by molar-refractivity contribution is 0.168. The van der Waals surface area contributed by atoms with Gasteiger partial charge in [-0.2, -0.15) is 0 Å². The highest BCUT2D eigenvalue weighted by Gasteiger charge is 2.36. The van der Waals surface area contributed by atoms with E-state index in [9.17, 15) is 0 Å². The minimum atomic E-state index is 0.610. The summed E-state index contributed by atoms with van der Waals surface area (Å²) in [5.74, 6) is 0.979. The van der Waals surface area contributed by atoms with Gasteiger partial charge in [0.05, 0.1) is 0 Å². The number of rotatable bonds is 6. The Morgan fingerprint density at radius 3 is 2.59 bits per heavy atom. The molecule has 2 fully saturated rings. The van der Waals surface area contributed by atoms with Crippen molar-refractivity contribution in [2.45, 2.75) is 52.4 Å². The number of hydrogen-bond donors (Lipinski definition) is 1. The molecule has 100 valence electrons. The van der Waals surface area contributed by atoms with Gasteiger partial charge in [-0.3, -0.25) is 0 Å². The molecule has 1 atom stereocenters. The van der Waals surface area contributed by atoms with E-state index in [2.05, 4.69) is 24.1 Å². The first-order valence-corrected chi connectivity index (χ1v) is 7.71. The van der Waals surface area contributed by atoms with Crippen molar-refractivity contribution in [1.29, 1.82) is 0 Å². The van der Waals surface area contributed by atoms with E-state index in [0.29, 0.717) is 5.41 Å². The van der Waals surface area contributed by atoms with Crippen LogP contribution in [0.5, 0.6) is 0 Å². The van der Waals surface area contributed by atoms with E-state index in [4.69, 9.17) is 0 Å². The molecular formula is C15H30N2. The first-order valence-electron chi connectivity index (χ1n) is 7.71. The fourth-order valence-electron chi connectivity index (χ4n) is 3.77. The Morgan fingerprint density at radius 2 is 2.00 bits per heavy atom. The van der Waals surface area contributed by atoms with Crippen molar-refractivity contribution in [3.63, 3.8) is 0 Å². The predicted octanol–water partition coefficient (Wildman–Crippen LogP) is 2.89. The van der Waals surface area contributed by atoms with Crippen molar-refractivity contribution in [3.8, 4) is 0 Å². The Hall–Kier alpha value is -0.0800. The van der Waals surface area contributed by atoms with Gasteiger partial charge in [-0.05, 0) is 43.7 Å². The zero-order chi connectivity index (χ0) is 12.1. The van der Waals surface area contributed by atoms with Crippen LogP contribution in [0.3, 0.4) is 0 Å². The molecule has 1 aliphatic heterocycles. The molecule has 1 saturated heterocycles. The summed E-state index contributed by atoms with van der Waals surface area (Å²) in [5, 5.41) is 3.60. The topological polar surface area (TPSA) is 15.3 Å². The Balaban J connectivity index is 1.85. The number of hydrogen-bond acceptors (Lipinski definition) is 2. The van der Waals surface area contributed by atoms with Crippen molar-refractivity contribution in [2.75, 3.05) is 32.7 Å². The summed E-state index contributed by atoms with van der Waals surface area (Å²) in [4.78, 5) is 2.75. The molecule has 2 aliphatic rings. The van der Waals surface area contributed by atoms with Crippen LogP contribution in [0.15, 0.2) is 0 Å². The van der Waals surface area contributed by atoms with Gasteiger partial charge in [-0.15, -0.1) is 0 Å². The molecule has 0 radical (unpaired) electrons. The number of nitrogens with one attached hydrogen (secondary N) is 1. The highest BCUT2D eigenvalue weighted by atomic mass is 15.2. The van der Waals surface area contributed by atoms with Crippen molar-refractivity contribution < 1.29 is 0 Å². The van der Waals surface area contributed by atoms with Crippen LogP contribution in [-0.4, -0.2) is 37.6 Å². The highest BCUT2D eigenvalue weighted by molar-refractivity contribution is 4.91.